The molecular formula is C16H15NO2. The van der Waals surface area contributed by atoms with Crippen LogP contribution in [-0.4, -0.2) is 17.4 Å². The van der Waals surface area contributed by atoms with Crippen molar-refractivity contribution >= 4 is 17.4 Å². The van der Waals surface area contributed by atoms with Gasteiger partial charge in [-0.2, -0.15) is 0 Å². The third kappa shape index (κ3) is 2.94. The molecule has 0 heterocycles. The summed E-state index contributed by atoms with van der Waals surface area (Å²) >= 11 is 0. The molecule has 19 heavy (non-hydrogen) atoms. The zero-order valence-electron chi connectivity index (χ0n) is 11.2. The second-order valence-electron chi connectivity index (χ2n) is 4.70. The first-order valence-electron chi connectivity index (χ1n) is 6.08. The third-order valence-corrected chi connectivity index (χ3v) is 2.94. The van der Waals surface area contributed by atoms with Crippen LogP contribution in [0.15, 0.2) is 52.6 Å². The number of benzene rings is 1. The van der Waals surface area contributed by atoms with E-state index in [9.17, 15) is 9.59 Å². The summed E-state index contributed by atoms with van der Waals surface area (Å²) in [6.07, 6.45) is 3.28. The zero-order chi connectivity index (χ0) is 14.0. The van der Waals surface area contributed by atoms with Crippen LogP contribution in [0.3, 0.4) is 0 Å². The first kappa shape index (κ1) is 13.1. The molecule has 0 saturated carbocycles. The summed E-state index contributed by atoms with van der Waals surface area (Å²) in [6, 6.07) is 7.29. The topological polar surface area (TPSA) is 46.5 Å². The smallest absolute Gasteiger partial charge is 0.277 e. The molecule has 0 radical (unpaired) electrons. The van der Waals surface area contributed by atoms with E-state index in [1.165, 1.54) is 0 Å². The lowest BCUT2D eigenvalue weighted by atomic mass is 9.98. The Morgan fingerprint density at radius 3 is 2.26 bits per heavy atom. The van der Waals surface area contributed by atoms with Gasteiger partial charge in [0.2, 0.25) is 0 Å². The highest BCUT2D eigenvalue weighted by Crippen LogP contribution is 2.13. The van der Waals surface area contributed by atoms with Crippen LogP contribution in [-0.2, 0) is 4.79 Å². The first-order chi connectivity index (χ1) is 8.97. The normalized spacial score (nSPS) is 14.9. The maximum atomic E-state index is 12.0. The largest absolute Gasteiger partial charge is 0.289 e. The SMILES string of the molecule is CC1=CC(=NC(=O)c2cccc(C)c2)C=C(C)C1=O. The number of ketones is 1. The van der Waals surface area contributed by atoms with Crippen molar-refractivity contribution < 1.29 is 9.59 Å². The van der Waals surface area contributed by atoms with E-state index < -0.39 is 0 Å². The van der Waals surface area contributed by atoms with Crippen molar-refractivity contribution in [1.29, 1.82) is 0 Å². The molecule has 0 fully saturated rings. The molecule has 0 aromatic heterocycles. The zero-order valence-corrected chi connectivity index (χ0v) is 11.2. The van der Waals surface area contributed by atoms with E-state index in [2.05, 4.69) is 4.99 Å². The molecule has 0 bridgehead atoms. The van der Waals surface area contributed by atoms with E-state index in [0.29, 0.717) is 22.4 Å². The molecule has 0 N–H and O–H groups in total. The average Bonchev–Trinajstić information content (AvgIpc) is 2.36. The monoisotopic (exact) mass is 253 g/mol. The quantitative estimate of drug-likeness (QED) is 0.722. The summed E-state index contributed by atoms with van der Waals surface area (Å²) in [7, 11) is 0. The van der Waals surface area contributed by atoms with Gasteiger partial charge in [-0.25, -0.2) is 4.99 Å². The molecule has 1 aromatic rings. The number of Topliss-reactive ketones (excluding diaryl/α,β-unsaturated/α-hetero) is 1. The minimum absolute atomic E-state index is 0.00181. The van der Waals surface area contributed by atoms with Gasteiger partial charge in [0.05, 0.1) is 5.71 Å². The first-order valence-corrected chi connectivity index (χ1v) is 6.08. The highest BCUT2D eigenvalue weighted by atomic mass is 16.1. The number of rotatable bonds is 1. The predicted octanol–water partition coefficient (Wildman–Crippen LogP) is 3.05. The van der Waals surface area contributed by atoms with Gasteiger partial charge in [-0.3, -0.25) is 9.59 Å². The van der Waals surface area contributed by atoms with Crippen molar-refractivity contribution in [2.24, 2.45) is 4.99 Å². The van der Waals surface area contributed by atoms with Crippen molar-refractivity contribution in [3.05, 3.63) is 58.7 Å². The molecule has 1 aliphatic rings. The number of aryl methyl sites for hydroxylation is 1. The minimum Gasteiger partial charge on any atom is -0.289 e. The summed E-state index contributed by atoms with van der Waals surface area (Å²) in [5.41, 5.74) is 3.32. The van der Waals surface area contributed by atoms with E-state index in [1.807, 2.05) is 19.1 Å². The average molecular weight is 253 g/mol. The number of amides is 1. The number of allylic oxidation sites excluding steroid dienone is 4. The van der Waals surface area contributed by atoms with Gasteiger partial charge in [-0.05, 0) is 56.2 Å². The van der Waals surface area contributed by atoms with Gasteiger partial charge in [0.25, 0.3) is 5.91 Å². The lowest BCUT2D eigenvalue weighted by Crippen LogP contribution is -2.12. The molecule has 0 spiro atoms. The highest BCUT2D eigenvalue weighted by molar-refractivity contribution is 6.23. The molecule has 96 valence electrons. The third-order valence-electron chi connectivity index (χ3n) is 2.94. The fourth-order valence-corrected chi connectivity index (χ4v) is 1.95. The molecule has 0 saturated heterocycles. The van der Waals surface area contributed by atoms with Crippen molar-refractivity contribution in [2.75, 3.05) is 0 Å². The molecule has 1 amide bonds. The Labute approximate surface area is 112 Å². The number of hydrogen-bond donors (Lipinski definition) is 0. The van der Waals surface area contributed by atoms with Gasteiger partial charge in [0.1, 0.15) is 0 Å². The van der Waals surface area contributed by atoms with Crippen LogP contribution in [0.5, 0.6) is 0 Å². The predicted molar refractivity (Wildman–Crippen MR) is 75.5 cm³/mol. The van der Waals surface area contributed by atoms with Crippen molar-refractivity contribution in [2.45, 2.75) is 20.8 Å². The number of aliphatic imine (C=N–C) groups is 1. The van der Waals surface area contributed by atoms with E-state index >= 15 is 0 Å². The minimum atomic E-state index is -0.291. The summed E-state index contributed by atoms with van der Waals surface area (Å²) in [4.78, 5) is 27.7. The summed E-state index contributed by atoms with van der Waals surface area (Å²) in [5, 5.41) is 0. The van der Waals surface area contributed by atoms with Crippen LogP contribution < -0.4 is 0 Å². The standard InChI is InChI=1S/C16H15NO2/c1-10-5-4-6-13(7-10)16(19)17-14-8-11(2)15(18)12(3)9-14/h4-9H,1-3H3. The van der Waals surface area contributed by atoms with Gasteiger partial charge < -0.3 is 0 Å². The second kappa shape index (κ2) is 5.14. The van der Waals surface area contributed by atoms with Gasteiger partial charge in [-0.1, -0.05) is 17.7 Å². The maximum absolute atomic E-state index is 12.0. The molecule has 1 aliphatic carbocycles. The Balaban J connectivity index is 2.32. The molecule has 1 aromatic carbocycles. The molecule has 3 heteroatoms. The van der Waals surface area contributed by atoms with Crippen LogP contribution in [0.1, 0.15) is 29.8 Å². The molecule has 0 unspecified atom stereocenters. The number of carbonyl (C=O) groups is 2. The van der Waals surface area contributed by atoms with Crippen molar-refractivity contribution in [3.8, 4) is 0 Å². The lowest BCUT2D eigenvalue weighted by Gasteiger charge is -2.08. The van der Waals surface area contributed by atoms with E-state index in [1.54, 1.807) is 38.1 Å². The number of hydrogen-bond acceptors (Lipinski definition) is 2. The summed E-state index contributed by atoms with van der Waals surface area (Å²) in [6.45, 7) is 5.38. The van der Waals surface area contributed by atoms with Crippen molar-refractivity contribution in [3.63, 3.8) is 0 Å². The van der Waals surface area contributed by atoms with Crippen LogP contribution in [0.4, 0.5) is 0 Å². The molecule has 3 nitrogen and oxygen atoms in total. The van der Waals surface area contributed by atoms with Crippen LogP contribution in [0, 0.1) is 6.92 Å². The highest BCUT2D eigenvalue weighted by Gasteiger charge is 2.14. The number of nitrogens with zero attached hydrogens (tertiary/aromatic N) is 1. The van der Waals surface area contributed by atoms with Gasteiger partial charge >= 0.3 is 0 Å². The number of carbonyl (C=O) groups excluding carboxylic acids is 2. The Hall–Kier alpha value is -2.29. The molecule has 0 atom stereocenters. The van der Waals surface area contributed by atoms with E-state index in [4.69, 9.17) is 0 Å². The van der Waals surface area contributed by atoms with Gasteiger partial charge in [-0.15, -0.1) is 0 Å². The Kier molecular flexibility index (Phi) is 3.56. The molecular weight excluding hydrogens is 238 g/mol. The van der Waals surface area contributed by atoms with Gasteiger partial charge in [0.15, 0.2) is 5.78 Å². The maximum Gasteiger partial charge on any atom is 0.277 e. The molecule has 0 aliphatic heterocycles. The van der Waals surface area contributed by atoms with Crippen LogP contribution in [0.2, 0.25) is 0 Å². The van der Waals surface area contributed by atoms with Crippen LogP contribution in [0.25, 0.3) is 0 Å². The second-order valence-corrected chi connectivity index (χ2v) is 4.70. The van der Waals surface area contributed by atoms with E-state index in [0.717, 1.165) is 5.56 Å². The summed E-state index contributed by atoms with van der Waals surface area (Å²) < 4.78 is 0. The van der Waals surface area contributed by atoms with E-state index in [-0.39, 0.29) is 11.7 Å². The van der Waals surface area contributed by atoms with Gasteiger partial charge in [0, 0.05) is 5.56 Å². The lowest BCUT2D eigenvalue weighted by molar-refractivity contribution is -0.112. The van der Waals surface area contributed by atoms with Crippen molar-refractivity contribution in [1.82, 2.24) is 0 Å². The fourth-order valence-electron chi connectivity index (χ4n) is 1.95. The Morgan fingerprint density at radius 1 is 1.05 bits per heavy atom. The molecule has 2 rings (SSSR count). The Bertz CT molecular complexity index is 624. The fraction of sp³-hybridized carbons (Fsp3) is 0.188. The summed E-state index contributed by atoms with van der Waals surface area (Å²) in [5.74, 6) is -0.289. The Morgan fingerprint density at radius 2 is 1.68 bits per heavy atom. The van der Waals surface area contributed by atoms with Crippen LogP contribution >= 0.6 is 0 Å².